The second-order valence-corrected chi connectivity index (χ2v) is 6.34. The molecule has 24 heavy (non-hydrogen) atoms. The lowest BCUT2D eigenvalue weighted by Gasteiger charge is -2.36. The molecule has 3 aromatic rings. The van der Waals surface area contributed by atoms with Gasteiger partial charge in [-0.05, 0) is 23.8 Å². The van der Waals surface area contributed by atoms with Gasteiger partial charge in [0.15, 0.2) is 5.58 Å². The van der Waals surface area contributed by atoms with Crippen molar-refractivity contribution in [1.29, 1.82) is 0 Å². The largest absolute Gasteiger partial charge is 0.439 e. The van der Waals surface area contributed by atoms with Gasteiger partial charge in [-0.2, -0.15) is 0 Å². The molecule has 1 unspecified atom stereocenters. The van der Waals surface area contributed by atoms with Crippen molar-refractivity contribution in [2.45, 2.75) is 12.6 Å². The average Bonchev–Trinajstić information content (AvgIpc) is 2.97. The van der Waals surface area contributed by atoms with E-state index in [1.807, 2.05) is 18.2 Å². The molecule has 2 aromatic carbocycles. The summed E-state index contributed by atoms with van der Waals surface area (Å²) >= 11 is 6.37. The van der Waals surface area contributed by atoms with Crippen LogP contribution in [0.2, 0.25) is 5.02 Å². The van der Waals surface area contributed by atoms with Crippen LogP contribution in [0.5, 0.6) is 0 Å². The van der Waals surface area contributed by atoms with Crippen LogP contribution in [0.4, 0.5) is 4.39 Å². The normalized spacial score (nSPS) is 19.0. The van der Waals surface area contributed by atoms with Crippen LogP contribution in [0, 0.1) is 5.82 Å². The van der Waals surface area contributed by atoms with Gasteiger partial charge in [-0.15, -0.1) is 0 Å². The Kier molecular flexibility index (Phi) is 4.22. The van der Waals surface area contributed by atoms with Gasteiger partial charge in [-0.1, -0.05) is 29.8 Å². The summed E-state index contributed by atoms with van der Waals surface area (Å²) in [6, 6.07) is 12.4. The molecule has 0 saturated carbocycles. The van der Waals surface area contributed by atoms with Gasteiger partial charge in [0.25, 0.3) is 0 Å². The molecule has 0 amide bonds. The third-order valence-electron chi connectivity index (χ3n) is 4.35. The topological polar surface area (TPSA) is 41.3 Å². The lowest BCUT2D eigenvalue weighted by Crippen LogP contribution is -2.45. The summed E-state index contributed by atoms with van der Waals surface area (Å²) in [5.41, 5.74) is 2.25. The van der Waals surface area contributed by atoms with Gasteiger partial charge in [-0.3, -0.25) is 4.90 Å². The maximum atomic E-state index is 13.3. The van der Waals surface area contributed by atoms with Gasteiger partial charge >= 0.3 is 0 Å². The summed E-state index contributed by atoms with van der Waals surface area (Å²) in [5, 5.41) is 4.17. The van der Waals surface area contributed by atoms with Crippen LogP contribution in [-0.2, 0) is 6.54 Å². The van der Waals surface area contributed by atoms with Gasteiger partial charge in [-0.25, -0.2) is 9.37 Å². The molecule has 1 aromatic heterocycles. The zero-order chi connectivity index (χ0) is 16.5. The Morgan fingerprint density at radius 1 is 1.29 bits per heavy atom. The Morgan fingerprint density at radius 3 is 3.04 bits per heavy atom. The monoisotopic (exact) mass is 345 g/mol. The van der Waals surface area contributed by atoms with E-state index in [4.69, 9.17) is 16.0 Å². The van der Waals surface area contributed by atoms with Gasteiger partial charge in [0.1, 0.15) is 11.3 Å². The van der Waals surface area contributed by atoms with Crippen LogP contribution < -0.4 is 5.32 Å². The van der Waals surface area contributed by atoms with Crippen molar-refractivity contribution in [1.82, 2.24) is 15.2 Å². The number of nitrogens with zero attached hydrogens (tertiary/aromatic N) is 2. The molecule has 124 valence electrons. The minimum absolute atomic E-state index is 0.152. The van der Waals surface area contributed by atoms with E-state index >= 15 is 0 Å². The molecule has 1 aliphatic rings. The van der Waals surface area contributed by atoms with E-state index in [1.54, 1.807) is 6.07 Å². The number of nitrogens with one attached hydrogen (secondary N) is 1. The smallest absolute Gasteiger partial charge is 0.209 e. The summed E-state index contributed by atoms with van der Waals surface area (Å²) in [6.07, 6.45) is 0. The van der Waals surface area contributed by atoms with Gasteiger partial charge in [0.2, 0.25) is 5.89 Å². The van der Waals surface area contributed by atoms with Crippen molar-refractivity contribution < 1.29 is 8.81 Å². The first-order valence-corrected chi connectivity index (χ1v) is 8.33. The number of aromatic nitrogens is 1. The Balaban J connectivity index is 1.61. The second-order valence-electron chi connectivity index (χ2n) is 5.93. The minimum atomic E-state index is -0.318. The van der Waals surface area contributed by atoms with E-state index in [0.29, 0.717) is 23.5 Å². The number of oxazole rings is 1. The predicted molar refractivity (Wildman–Crippen MR) is 91.4 cm³/mol. The molecule has 0 radical (unpaired) electrons. The Hall–Kier alpha value is -1.95. The maximum Gasteiger partial charge on any atom is 0.209 e. The summed E-state index contributed by atoms with van der Waals surface area (Å²) in [7, 11) is 0. The van der Waals surface area contributed by atoms with Crippen molar-refractivity contribution in [2.75, 3.05) is 19.6 Å². The molecule has 1 atom stereocenters. The predicted octanol–water partition coefficient (Wildman–Crippen LogP) is 3.77. The first-order valence-electron chi connectivity index (χ1n) is 7.95. The van der Waals surface area contributed by atoms with Crippen LogP contribution in [0.3, 0.4) is 0 Å². The lowest BCUT2D eigenvalue weighted by atomic mass is 10.0. The molecule has 2 heterocycles. The summed E-state index contributed by atoms with van der Waals surface area (Å²) < 4.78 is 19.0. The van der Waals surface area contributed by atoms with E-state index in [1.165, 1.54) is 12.1 Å². The molecule has 1 aliphatic heterocycles. The molecule has 4 rings (SSSR count). The second kappa shape index (κ2) is 6.51. The van der Waals surface area contributed by atoms with Crippen molar-refractivity contribution in [2.24, 2.45) is 0 Å². The summed E-state index contributed by atoms with van der Waals surface area (Å²) in [6.45, 7) is 3.14. The van der Waals surface area contributed by atoms with Crippen molar-refractivity contribution in [3.05, 3.63) is 64.8 Å². The number of hydrogen-bond acceptors (Lipinski definition) is 4. The zero-order valence-corrected chi connectivity index (χ0v) is 13.8. The van der Waals surface area contributed by atoms with Crippen LogP contribution in [0.15, 0.2) is 46.9 Å². The number of hydrogen-bond donors (Lipinski definition) is 1. The third-order valence-corrected chi connectivity index (χ3v) is 4.70. The van der Waals surface area contributed by atoms with Crippen molar-refractivity contribution >= 4 is 22.7 Å². The van der Waals surface area contributed by atoms with Crippen molar-refractivity contribution in [3.63, 3.8) is 0 Å². The van der Waals surface area contributed by atoms with E-state index in [0.717, 1.165) is 30.2 Å². The van der Waals surface area contributed by atoms with Crippen LogP contribution in [0.1, 0.15) is 17.5 Å². The highest BCUT2D eigenvalue weighted by molar-refractivity contribution is 6.31. The minimum Gasteiger partial charge on any atom is -0.439 e. The fourth-order valence-electron chi connectivity index (χ4n) is 3.18. The molecular weight excluding hydrogens is 329 g/mol. The highest BCUT2D eigenvalue weighted by Crippen LogP contribution is 2.30. The molecule has 4 nitrogen and oxygen atoms in total. The molecule has 0 aliphatic carbocycles. The van der Waals surface area contributed by atoms with Gasteiger partial charge in [0, 0.05) is 36.8 Å². The number of piperazine rings is 1. The first kappa shape index (κ1) is 15.6. The highest BCUT2D eigenvalue weighted by atomic mass is 35.5. The van der Waals surface area contributed by atoms with Crippen LogP contribution >= 0.6 is 11.6 Å². The number of benzene rings is 2. The fraction of sp³-hybridized carbons (Fsp3) is 0.278. The fourth-order valence-corrected chi connectivity index (χ4v) is 3.44. The highest BCUT2D eigenvalue weighted by Gasteiger charge is 2.26. The lowest BCUT2D eigenvalue weighted by molar-refractivity contribution is 0.141. The standard InChI is InChI=1S/C18H17ClFN3O/c19-14-4-2-1-3-13(14)16-10-21-7-8-23(16)11-18-22-15-6-5-12(20)9-17(15)24-18/h1-6,9,16,21H,7-8,10-11H2. The number of fused-ring (bicyclic) bond motifs is 1. The molecule has 0 spiro atoms. The van der Waals surface area contributed by atoms with E-state index < -0.39 is 0 Å². The Morgan fingerprint density at radius 2 is 2.17 bits per heavy atom. The van der Waals surface area contributed by atoms with E-state index in [2.05, 4.69) is 21.3 Å². The molecule has 0 bridgehead atoms. The first-order chi connectivity index (χ1) is 11.7. The van der Waals surface area contributed by atoms with Crippen LogP contribution in [-0.4, -0.2) is 29.5 Å². The molecule has 6 heteroatoms. The Labute approximate surface area is 144 Å². The molecule has 1 saturated heterocycles. The SMILES string of the molecule is Fc1ccc2nc(CN3CCNCC3c3ccccc3Cl)oc2c1. The maximum absolute atomic E-state index is 13.3. The molecule has 1 N–H and O–H groups in total. The van der Waals surface area contributed by atoms with Crippen LogP contribution in [0.25, 0.3) is 11.1 Å². The van der Waals surface area contributed by atoms with Gasteiger partial charge < -0.3 is 9.73 Å². The third kappa shape index (κ3) is 3.02. The molecular formula is C18H17ClFN3O. The quantitative estimate of drug-likeness (QED) is 0.784. The van der Waals surface area contributed by atoms with Crippen molar-refractivity contribution in [3.8, 4) is 0 Å². The van der Waals surface area contributed by atoms with Gasteiger partial charge in [0.05, 0.1) is 6.54 Å². The number of rotatable bonds is 3. The van der Waals surface area contributed by atoms with E-state index in [9.17, 15) is 4.39 Å². The zero-order valence-electron chi connectivity index (χ0n) is 13.0. The average molecular weight is 346 g/mol. The molecule has 1 fully saturated rings. The summed E-state index contributed by atoms with van der Waals surface area (Å²) in [4.78, 5) is 6.76. The number of halogens is 2. The Bertz CT molecular complexity index is 866. The van der Waals surface area contributed by atoms with E-state index in [-0.39, 0.29) is 11.9 Å². The summed E-state index contributed by atoms with van der Waals surface area (Å²) in [5.74, 6) is 0.274.